The molecule has 0 saturated heterocycles. The van der Waals surface area contributed by atoms with Gasteiger partial charge in [0.1, 0.15) is 5.82 Å². The van der Waals surface area contributed by atoms with E-state index in [1.807, 2.05) is 0 Å². The average Bonchev–Trinajstić information content (AvgIpc) is 2.45. The summed E-state index contributed by atoms with van der Waals surface area (Å²) in [4.78, 5) is 15.0. The van der Waals surface area contributed by atoms with Gasteiger partial charge in [-0.15, -0.1) is 0 Å². The second-order valence-electron chi connectivity index (χ2n) is 4.03. The molecule has 0 aliphatic heterocycles. The number of pyridine rings is 1. The Kier molecular flexibility index (Phi) is 4.14. The molecular formula is C14H13FN2O3. The number of rotatable bonds is 5. The summed E-state index contributed by atoms with van der Waals surface area (Å²) in [6.45, 7) is 0.264. The van der Waals surface area contributed by atoms with Gasteiger partial charge in [0.25, 0.3) is 0 Å². The zero-order valence-electron chi connectivity index (χ0n) is 10.8. The third-order valence-corrected chi connectivity index (χ3v) is 2.72. The van der Waals surface area contributed by atoms with Crippen LogP contribution in [0.4, 0.5) is 10.1 Å². The van der Waals surface area contributed by atoms with Crippen molar-refractivity contribution in [3.63, 3.8) is 0 Å². The zero-order chi connectivity index (χ0) is 14.5. The standard InChI is InChI=1S/C14H13FN2O3/c1-20-12-7-9(5-6-16-12)8-17-13-10(14(18)19)3-2-4-11(13)15/h2-7,17H,8H2,1H3,(H,18,19). The molecule has 104 valence electrons. The maximum atomic E-state index is 13.7. The minimum Gasteiger partial charge on any atom is -0.481 e. The molecule has 0 aliphatic carbocycles. The van der Waals surface area contributed by atoms with Gasteiger partial charge in [0.2, 0.25) is 5.88 Å². The number of aromatic carboxylic acids is 1. The summed E-state index contributed by atoms with van der Waals surface area (Å²) >= 11 is 0. The van der Waals surface area contributed by atoms with Crippen molar-refractivity contribution in [2.75, 3.05) is 12.4 Å². The largest absolute Gasteiger partial charge is 0.481 e. The maximum absolute atomic E-state index is 13.7. The molecule has 1 aromatic heterocycles. The fourth-order valence-electron chi connectivity index (χ4n) is 1.74. The lowest BCUT2D eigenvalue weighted by Crippen LogP contribution is -2.08. The van der Waals surface area contributed by atoms with E-state index in [9.17, 15) is 9.18 Å². The van der Waals surface area contributed by atoms with Crippen molar-refractivity contribution in [3.8, 4) is 5.88 Å². The van der Waals surface area contributed by atoms with Crippen LogP contribution < -0.4 is 10.1 Å². The fraction of sp³-hybridized carbons (Fsp3) is 0.143. The van der Waals surface area contributed by atoms with Crippen LogP contribution in [0, 0.1) is 5.82 Å². The monoisotopic (exact) mass is 276 g/mol. The van der Waals surface area contributed by atoms with E-state index in [4.69, 9.17) is 9.84 Å². The van der Waals surface area contributed by atoms with Gasteiger partial charge >= 0.3 is 5.97 Å². The molecule has 2 aromatic rings. The molecule has 0 saturated carbocycles. The van der Waals surface area contributed by atoms with Crippen LogP contribution in [0.25, 0.3) is 0 Å². The number of carboxylic acids is 1. The summed E-state index contributed by atoms with van der Waals surface area (Å²) in [5, 5.41) is 11.8. The topological polar surface area (TPSA) is 71.5 Å². The Hall–Kier alpha value is -2.63. The van der Waals surface area contributed by atoms with Crippen LogP contribution in [0.2, 0.25) is 0 Å². The minimum absolute atomic E-state index is 0.0317. The number of hydrogen-bond acceptors (Lipinski definition) is 4. The summed E-state index contributed by atoms with van der Waals surface area (Å²) in [5.74, 6) is -1.35. The van der Waals surface area contributed by atoms with E-state index >= 15 is 0 Å². The summed E-state index contributed by atoms with van der Waals surface area (Å²) < 4.78 is 18.7. The summed E-state index contributed by atoms with van der Waals surface area (Å²) in [6.07, 6.45) is 1.56. The van der Waals surface area contributed by atoms with Gasteiger partial charge < -0.3 is 15.2 Å². The first-order chi connectivity index (χ1) is 9.61. The molecular weight excluding hydrogens is 263 g/mol. The highest BCUT2D eigenvalue weighted by atomic mass is 19.1. The number of anilines is 1. The van der Waals surface area contributed by atoms with Crippen LogP contribution in [0.5, 0.6) is 5.88 Å². The van der Waals surface area contributed by atoms with E-state index in [2.05, 4.69) is 10.3 Å². The Labute approximate surface area is 115 Å². The van der Waals surface area contributed by atoms with Gasteiger partial charge in [-0.25, -0.2) is 14.2 Å². The van der Waals surface area contributed by atoms with Crippen molar-refractivity contribution in [2.45, 2.75) is 6.54 Å². The predicted octanol–water partition coefficient (Wildman–Crippen LogP) is 2.54. The number of carboxylic acid groups (broad SMARTS) is 1. The summed E-state index contributed by atoms with van der Waals surface area (Å²) in [6, 6.07) is 7.34. The van der Waals surface area contributed by atoms with E-state index in [0.29, 0.717) is 5.88 Å². The Bertz CT molecular complexity index is 632. The summed E-state index contributed by atoms with van der Waals surface area (Å²) in [5.41, 5.74) is 0.665. The zero-order valence-corrected chi connectivity index (χ0v) is 10.8. The van der Waals surface area contributed by atoms with Crippen molar-refractivity contribution in [2.24, 2.45) is 0 Å². The number of nitrogens with one attached hydrogen (secondary N) is 1. The third-order valence-electron chi connectivity index (χ3n) is 2.72. The molecule has 0 bridgehead atoms. The Morgan fingerprint density at radius 2 is 2.25 bits per heavy atom. The number of halogens is 1. The minimum atomic E-state index is -1.18. The number of benzene rings is 1. The molecule has 0 amide bonds. The Morgan fingerprint density at radius 3 is 2.95 bits per heavy atom. The summed E-state index contributed by atoms with van der Waals surface area (Å²) in [7, 11) is 1.50. The van der Waals surface area contributed by atoms with Crippen molar-refractivity contribution >= 4 is 11.7 Å². The highest BCUT2D eigenvalue weighted by molar-refractivity contribution is 5.94. The maximum Gasteiger partial charge on any atom is 0.337 e. The fourth-order valence-corrected chi connectivity index (χ4v) is 1.74. The van der Waals surface area contributed by atoms with Crippen molar-refractivity contribution < 1.29 is 19.0 Å². The molecule has 0 aliphatic rings. The smallest absolute Gasteiger partial charge is 0.337 e. The lowest BCUT2D eigenvalue weighted by Gasteiger charge is -2.11. The Morgan fingerprint density at radius 1 is 1.45 bits per heavy atom. The van der Waals surface area contributed by atoms with Crippen LogP contribution in [0.15, 0.2) is 36.5 Å². The molecule has 5 nitrogen and oxygen atoms in total. The predicted molar refractivity (Wildman–Crippen MR) is 71.5 cm³/mol. The van der Waals surface area contributed by atoms with E-state index in [0.717, 1.165) is 5.56 Å². The van der Waals surface area contributed by atoms with Gasteiger partial charge in [0, 0.05) is 18.8 Å². The first kappa shape index (κ1) is 13.8. The normalized spacial score (nSPS) is 10.1. The van der Waals surface area contributed by atoms with Crippen LogP contribution >= 0.6 is 0 Å². The number of nitrogens with zero attached hydrogens (tertiary/aromatic N) is 1. The number of methoxy groups -OCH3 is 1. The molecule has 2 rings (SSSR count). The van der Waals surface area contributed by atoms with Gasteiger partial charge in [0.05, 0.1) is 18.4 Å². The molecule has 0 fully saturated rings. The Balaban J connectivity index is 2.20. The highest BCUT2D eigenvalue weighted by Gasteiger charge is 2.13. The van der Waals surface area contributed by atoms with Gasteiger partial charge in [-0.3, -0.25) is 0 Å². The lowest BCUT2D eigenvalue weighted by molar-refractivity contribution is 0.0697. The van der Waals surface area contributed by atoms with Crippen LogP contribution in [0.1, 0.15) is 15.9 Å². The SMILES string of the molecule is COc1cc(CNc2c(F)cccc2C(=O)O)ccn1. The van der Waals surface area contributed by atoms with Crippen molar-refractivity contribution in [3.05, 3.63) is 53.5 Å². The molecule has 0 atom stereocenters. The lowest BCUT2D eigenvalue weighted by atomic mass is 10.1. The van der Waals surface area contributed by atoms with Gasteiger partial charge in [0.15, 0.2) is 0 Å². The van der Waals surface area contributed by atoms with Gasteiger partial charge in [-0.2, -0.15) is 0 Å². The molecule has 0 radical (unpaired) electrons. The van der Waals surface area contributed by atoms with E-state index < -0.39 is 11.8 Å². The second-order valence-corrected chi connectivity index (χ2v) is 4.03. The first-order valence-corrected chi connectivity index (χ1v) is 5.86. The number of ether oxygens (including phenoxy) is 1. The highest BCUT2D eigenvalue weighted by Crippen LogP contribution is 2.21. The van der Waals surface area contributed by atoms with Crippen molar-refractivity contribution in [1.82, 2.24) is 4.98 Å². The van der Waals surface area contributed by atoms with Crippen LogP contribution in [-0.2, 0) is 6.54 Å². The number of carbonyl (C=O) groups is 1. The third kappa shape index (κ3) is 3.03. The second kappa shape index (κ2) is 6.01. The average molecular weight is 276 g/mol. The molecule has 2 N–H and O–H groups in total. The molecule has 6 heteroatoms. The molecule has 20 heavy (non-hydrogen) atoms. The van der Waals surface area contributed by atoms with Crippen LogP contribution in [0.3, 0.4) is 0 Å². The quantitative estimate of drug-likeness (QED) is 0.878. The number of aromatic nitrogens is 1. The van der Waals surface area contributed by atoms with E-state index in [-0.39, 0.29) is 17.8 Å². The molecule has 0 spiro atoms. The van der Waals surface area contributed by atoms with E-state index in [1.165, 1.54) is 25.3 Å². The van der Waals surface area contributed by atoms with Gasteiger partial charge in [-0.1, -0.05) is 6.07 Å². The molecule has 1 aromatic carbocycles. The number of para-hydroxylation sites is 1. The number of hydrogen-bond donors (Lipinski definition) is 2. The van der Waals surface area contributed by atoms with Crippen LogP contribution in [-0.4, -0.2) is 23.2 Å². The first-order valence-electron chi connectivity index (χ1n) is 5.86. The molecule has 1 heterocycles. The van der Waals surface area contributed by atoms with Gasteiger partial charge in [-0.05, 0) is 23.8 Å². The van der Waals surface area contributed by atoms with E-state index in [1.54, 1.807) is 18.3 Å². The molecule has 0 unspecified atom stereocenters. The van der Waals surface area contributed by atoms with Crippen molar-refractivity contribution in [1.29, 1.82) is 0 Å².